The maximum atomic E-state index is 12.2. The van der Waals surface area contributed by atoms with Crippen molar-refractivity contribution in [3.05, 3.63) is 0 Å². The van der Waals surface area contributed by atoms with Crippen molar-refractivity contribution in [2.45, 2.75) is 66.8 Å². The molecule has 0 saturated carbocycles. The minimum Gasteiger partial charge on any atom is -0.380 e. The highest BCUT2D eigenvalue weighted by Crippen LogP contribution is 2.46. The molecule has 0 unspecified atom stereocenters. The van der Waals surface area contributed by atoms with Gasteiger partial charge in [-0.1, -0.05) is 41.5 Å². The molecule has 0 aliphatic carbocycles. The molecule has 1 rings (SSSR count). The third-order valence-electron chi connectivity index (χ3n) is 5.29. The molecule has 0 bridgehead atoms. The van der Waals surface area contributed by atoms with Gasteiger partial charge < -0.3 is 15.0 Å². The van der Waals surface area contributed by atoms with Gasteiger partial charge in [-0.3, -0.25) is 4.79 Å². The zero-order valence-corrected chi connectivity index (χ0v) is 15.5. The van der Waals surface area contributed by atoms with Gasteiger partial charge in [0.05, 0.1) is 19.6 Å². The molecule has 22 heavy (non-hydrogen) atoms. The minimum absolute atomic E-state index is 0.243. The molecule has 0 radical (unpaired) electrons. The van der Waals surface area contributed by atoms with Crippen LogP contribution in [0.1, 0.15) is 60.8 Å². The standard InChI is InChI=1S/C18H36N2O2/c1-15(2)19-10-14-22-13-7-16(21)20-11-8-18(6,9-12-20)17(3,4)5/h15,19H,7-14H2,1-6H3. The minimum atomic E-state index is 0.243. The van der Waals surface area contributed by atoms with Crippen molar-refractivity contribution in [3.63, 3.8) is 0 Å². The Morgan fingerprint density at radius 3 is 2.32 bits per heavy atom. The SMILES string of the molecule is CC(C)NCCOCCC(=O)N1CCC(C)(C(C)(C)C)CC1. The molecule has 0 spiro atoms. The van der Waals surface area contributed by atoms with Crippen LogP contribution in [0.2, 0.25) is 0 Å². The normalized spacial score (nSPS) is 18.8. The predicted molar refractivity (Wildman–Crippen MR) is 92.0 cm³/mol. The Labute approximate surface area is 137 Å². The third-order valence-corrected chi connectivity index (χ3v) is 5.29. The van der Waals surface area contributed by atoms with E-state index in [4.69, 9.17) is 4.74 Å². The third kappa shape index (κ3) is 5.88. The number of rotatable bonds is 7. The Kier molecular flexibility index (Phi) is 7.33. The molecule has 0 atom stereocenters. The van der Waals surface area contributed by atoms with Gasteiger partial charge in [0.25, 0.3) is 0 Å². The van der Waals surface area contributed by atoms with Crippen LogP contribution in [0.25, 0.3) is 0 Å². The highest BCUT2D eigenvalue weighted by molar-refractivity contribution is 5.76. The van der Waals surface area contributed by atoms with Gasteiger partial charge in [0, 0.05) is 25.7 Å². The summed E-state index contributed by atoms with van der Waals surface area (Å²) in [5.41, 5.74) is 0.636. The van der Waals surface area contributed by atoms with Gasteiger partial charge in [-0.2, -0.15) is 0 Å². The molecule has 1 amide bonds. The lowest BCUT2D eigenvalue weighted by Crippen LogP contribution is -2.47. The largest absolute Gasteiger partial charge is 0.380 e. The van der Waals surface area contributed by atoms with Gasteiger partial charge in [0.2, 0.25) is 5.91 Å². The smallest absolute Gasteiger partial charge is 0.224 e. The first-order valence-corrected chi connectivity index (χ1v) is 8.75. The number of hydrogen-bond donors (Lipinski definition) is 1. The van der Waals surface area contributed by atoms with Gasteiger partial charge >= 0.3 is 0 Å². The number of nitrogens with one attached hydrogen (secondary N) is 1. The Morgan fingerprint density at radius 2 is 1.82 bits per heavy atom. The van der Waals surface area contributed by atoms with Crippen molar-refractivity contribution in [1.82, 2.24) is 10.2 Å². The van der Waals surface area contributed by atoms with Crippen LogP contribution in [-0.2, 0) is 9.53 Å². The number of amides is 1. The topological polar surface area (TPSA) is 41.6 Å². The van der Waals surface area contributed by atoms with Crippen LogP contribution >= 0.6 is 0 Å². The summed E-state index contributed by atoms with van der Waals surface area (Å²) in [7, 11) is 0. The first kappa shape index (κ1) is 19.4. The fraction of sp³-hybridized carbons (Fsp3) is 0.944. The van der Waals surface area contributed by atoms with Crippen molar-refractivity contribution in [2.24, 2.45) is 10.8 Å². The van der Waals surface area contributed by atoms with Crippen molar-refractivity contribution in [2.75, 3.05) is 32.8 Å². The van der Waals surface area contributed by atoms with E-state index in [9.17, 15) is 4.79 Å². The lowest BCUT2D eigenvalue weighted by atomic mass is 9.63. The molecule has 1 aliphatic heterocycles. The fourth-order valence-electron chi connectivity index (χ4n) is 2.84. The van der Waals surface area contributed by atoms with Gasteiger partial charge in [-0.05, 0) is 23.7 Å². The van der Waals surface area contributed by atoms with Crippen LogP contribution in [-0.4, -0.2) is 49.7 Å². The predicted octanol–water partition coefficient (Wildman–Crippen LogP) is 3.07. The first-order chi connectivity index (χ1) is 10.2. The number of carbonyl (C=O) groups excluding carboxylic acids is 1. The number of carbonyl (C=O) groups is 1. The molecule has 1 N–H and O–H groups in total. The van der Waals surface area contributed by atoms with E-state index in [1.807, 2.05) is 4.90 Å². The van der Waals surface area contributed by atoms with E-state index in [1.165, 1.54) is 0 Å². The lowest BCUT2D eigenvalue weighted by Gasteiger charge is -2.47. The van der Waals surface area contributed by atoms with Crippen molar-refractivity contribution in [3.8, 4) is 0 Å². The van der Waals surface area contributed by atoms with Crippen LogP contribution in [0, 0.1) is 10.8 Å². The second-order valence-corrected chi connectivity index (χ2v) is 8.16. The molecule has 0 aromatic carbocycles. The molecule has 0 aromatic rings. The molecule has 1 heterocycles. The van der Waals surface area contributed by atoms with Crippen LogP contribution in [0.4, 0.5) is 0 Å². The van der Waals surface area contributed by atoms with Crippen LogP contribution in [0.3, 0.4) is 0 Å². The van der Waals surface area contributed by atoms with E-state index in [0.29, 0.717) is 36.5 Å². The summed E-state index contributed by atoms with van der Waals surface area (Å²) in [4.78, 5) is 14.2. The zero-order chi connectivity index (χ0) is 16.8. The summed E-state index contributed by atoms with van der Waals surface area (Å²) in [5.74, 6) is 0.243. The van der Waals surface area contributed by atoms with Crippen molar-refractivity contribution >= 4 is 5.91 Å². The summed E-state index contributed by atoms with van der Waals surface area (Å²) in [6.07, 6.45) is 2.71. The number of piperidine rings is 1. The summed E-state index contributed by atoms with van der Waals surface area (Å²) in [5, 5.41) is 3.30. The van der Waals surface area contributed by atoms with Gasteiger partial charge in [-0.25, -0.2) is 0 Å². The molecule has 4 heteroatoms. The number of hydrogen-bond acceptors (Lipinski definition) is 3. The highest BCUT2D eigenvalue weighted by atomic mass is 16.5. The van der Waals surface area contributed by atoms with Gasteiger partial charge in [-0.15, -0.1) is 0 Å². The highest BCUT2D eigenvalue weighted by Gasteiger charge is 2.40. The first-order valence-electron chi connectivity index (χ1n) is 8.75. The molecule has 130 valence electrons. The maximum Gasteiger partial charge on any atom is 0.224 e. The van der Waals surface area contributed by atoms with Crippen molar-refractivity contribution in [1.29, 1.82) is 0 Å². The summed E-state index contributed by atoms with van der Waals surface area (Å²) < 4.78 is 5.53. The van der Waals surface area contributed by atoms with Crippen LogP contribution in [0.15, 0.2) is 0 Å². The summed E-state index contributed by atoms with van der Waals surface area (Å²) in [6, 6.07) is 0.482. The quantitative estimate of drug-likeness (QED) is 0.735. The van der Waals surface area contributed by atoms with Crippen LogP contribution < -0.4 is 5.32 Å². The average Bonchev–Trinajstić information content (AvgIpc) is 2.41. The van der Waals surface area contributed by atoms with Crippen molar-refractivity contribution < 1.29 is 9.53 Å². The lowest BCUT2D eigenvalue weighted by molar-refractivity contribution is -0.135. The Bertz CT molecular complexity index is 339. The second-order valence-electron chi connectivity index (χ2n) is 8.16. The molecule has 1 saturated heterocycles. The number of ether oxygens (including phenoxy) is 1. The average molecular weight is 312 g/mol. The Morgan fingerprint density at radius 1 is 1.23 bits per heavy atom. The maximum absolute atomic E-state index is 12.2. The molecule has 0 aromatic heterocycles. The van der Waals surface area contributed by atoms with Gasteiger partial charge in [0.1, 0.15) is 0 Å². The van der Waals surface area contributed by atoms with E-state index < -0.39 is 0 Å². The molecular weight excluding hydrogens is 276 g/mol. The summed E-state index contributed by atoms with van der Waals surface area (Å²) in [6.45, 7) is 17.4. The van der Waals surface area contributed by atoms with E-state index in [2.05, 4.69) is 46.9 Å². The molecule has 1 aliphatic rings. The summed E-state index contributed by atoms with van der Waals surface area (Å²) >= 11 is 0. The van der Waals surface area contributed by atoms with E-state index in [1.54, 1.807) is 0 Å². The number of nitrogens with zero attached hydrogens (tertiary/aromatic N) is 1. The van der Waals surface area contributed by atoms with E-state index in [0.717, 1.165) is 32.5 Å². The molecule has 4 nitrogen and oxygen atoms in total. The Balaban J connectivity index is 2.21. The monoisotopic (exact) mass is 312 g/mol. The second kappa shape index (κ2) is 8.30. The zero-order valence-electron chi connectivity index (χ0n) is 15.5. The van der Waals surface area contributed by atoms with E-state index in [-0.39, 0.29) is 5.91 Å². The fourth-order valence-corrected chi connectivity index (χ4v) is 2.84. The van der Waals surface area contributed by atoms with Gasteiger partial charge in [0.15, 0.2) is 0 Å². The molecular formula is C18H36N2O2. The number of likely N-dealkylation sites (tertiary alicyclic amines) is 1. The van der Waals surface area contributed by atoms with Crippen LogP contribution in [0.5, 0.6) is 0 Å². The molecule has 1 fully saturated rings. The van der Waals surface area contributed by atoms with E-state index >= 15 is 0 Å². The Hall–Kier alpha value is -0.610.